The molecular weight excluding hydrogens is 613 g/mol. The van der Waals surface area contributed by atoms with E-state index in [2.05, 4.69) is 0 Å². The van der Waals surface area contributed by atoms with Crippen molar-refractivity contribution < 1.29 is 42.5 Å². The molecule has 0 aliphatic carbocycles. The van der Waals surface area contributed by atoms with E-state index < -0.39 is 23.5 Å². The predicted molar refractivity (Wildman–Crippen MR) is 129 cm³/mol. The van der Waals surface area contributed by atoms with Crippen LogP contribution in [-0.4, -0.2) is 11.8 Å². The number of benzene rings is 4. The molecule has 0 saturated carbocycles. The molecule has 4 aromatic rings. The molecule has 4 nitrogen and oxygen atoms in total. The number of anilines is 2. The normalized spacial score (nSPS) is 9.66. The number of hydrogen-bond acceptors (Lipinski definition) is 2. The van der Waals surface area contributed by atoms with E-state index in [0.717, 1.165) is 22.5 Å². The second kappa shape index (κ2) is 12.9. The zero-order valence-corrected chi connectivity index (χ0v) is 23.0. The van der Waals surface area contributed by atoms with Gasteiger partial charge in [-0.25, -0.2) is 0 Å². The van der Waals surface area contributed by atoms with Gasteiger partial charge < -0.3 is 9.41 Å². The van der Waals surface area contributed by atoms with Crippen LogP contribution in [0.15, 0.2) is 109 Å². The summed E-state index contributed by atoms with van der Waals surface area (Å²) in [5.41, 5.74) is 5.05. The van der Waals surface area contributed by atoms with Crippen LogP contribution < -0.4 is 15.2 Å². The number of amides is 2. The number of para-hydroxylation sites is 2. The van der Waals surface area contributed by atoms with Gasteiger partial charge in [0.1, 0.15) is 0 Å². The van der Waals surface area contributed by atoms with E-state index in [4.69, 9.17) is 0 Å². The molecule has 0 spiro atoms. The van der Waals surface area contributed by atoms with E-state index in [1.807, 2.05) is 129 Å². The smallest absolute Gasteiger partial charge is 1.00 e. The van der Waals surface area contributed by atoms with Gasteiger partial charge in [0, 0.05) is 0 Å². The SMILES string of the molecule is Cc1ccc(C(=O)[N]([Hf+2][N](C(=O)c2ccc(C)cc2)c2ccccc2)c2ccccc2)cc1.[F-].[F-]. The quantitative estimate of drug-likeness (QED) is 0.285. The van der Waals surface area contributed by atoms with Gasteiger partial charge in [-0.15, -0.1) is 0 Å². The van der Waals surface area contributed by atoms with Crippen LogP contribution in [0.25, 0.3) is 0 Å². The first-order valence-electron chi connectivity index (χ1n) is 10.7. The first-order valence-corrected chi connectivity index (χ1v) is 13.9. The van der Waals surface area contributed by atoms with Gasteiger partial charge in [0.05, 0.1) is 0 Å². The van der Waals surface area contributed by atoms with E-state index in [9.17, 15) is 9.59 Å². The van der Waals surface area contributed by atoms with Crippen molar-refractivity contribution in [1.29, 1.82) is 0 Å². The minimum Gasteiger partial charge on any atom is -1.00 e. The molecule has 0 bridgehead atoms. The van der Waals surface area contributed by atoms with Gasteiger partial charge in [0.25, 0.3) is 0 Å². The molecule has 0 aliphatic heterocycles. The maximum absolute atomic E-state index is 13.7. The third-order valence-corrected chi connectivity index (χ3v) is 9.98. The van der Waals surface area contributed by atoms with Crippen molar-refractivity contribution in [1.82, 2.24) is 0 Å². The number of halogens is 2. The molecule has 0 aliphatic rings. The third-order valence-electron chi connectivity index (χ3n) is 5.23. The summed E-state index contributed by atoms with van der Waals surface area (Å²) in [6.45, 7) is 4.00. The van der Waals surface area contributed by atoms with Crippen LogP contribution in [0.2, 0.25) is 0 Å². The summed E-state index contributed by atoms with van der Waals surface area (Å²) in [4.78, 5) is 27.3. The van der Waals surface area contributed by atoms with Crippen molar-refractivity contribution in [3.05, 3.63) is 131 Å². The molecule has 176 valence electrons. The van der Waals surface area contributed by atoms with Crippen molar-refractivity contribution in [3.8, 4) is 0 Å². The van der Waals surface area contributed by atoms with E-state index in [0.29, 0.717) is 11.1 Å². The summed E-state index contributed by atoms with van der Waals surface area (Å²) in [6.07, 6.45) is 0. The summed E-state index contributed by atoms with van der Waals surface area (Å²) in [7, 11) is 0. The monoisotopic (exact) mass is 638 g/mol. The Morgan fingerprint density at radius 3 is 1.14 bits per heavy atom. The Morgan fingerprint density at radius 1 is 0.514 bits per heavy atom. The molecule has 4 aromatic carbocycles. The topological polar surface area (TPSA) is 40.6 Å². The van der Waals surface area contributed by atoms with Crippen molar-refractivity contribution in [2.75, 3.05) is 5.78 Å². The predicted octanol–water partition coefficient (Wildman–Crippen LogP) is 0.218. The van der Waals surface area contributed by atoms with Crippen LogP contribution in [0, 0.1) is 13.8 Å². The number of aryl methyl sites for hydroxylation is 2. The molecule has 7 heteroatoms. The number of carbonyl (C=O) groups is 2. The minimum atomic E-state index is -2.26. The summed E-state index contributed by atoms with van der Waals surface area (Å²) >= 11 is -2.26. The molecule has 35 heavy (non-hydrogen) atoms. The van der Waals surface area contributed by atoms with Gasteiger partial charge in [0.15, 0.2) is 0 Å². The van der Waals surface area contributed by atoms with Crippen molar-refractivity contribution >= 4 is 23.2 Å². The fourth-order valence-corrected chi connectivity index (χ4v) is 7.55. The first kappa shape index (κ1) is 27.8. The Balaban J connectivity index is 0.00000216. The fourth-order valence-electron chi connectivity index (χ4n) is 3.35. The Kier molecular flexibility index (Phi) is 10.2. The van der Waals surface area contributed by atoms with Crippen LogP contribution in [0.1, 0.15) is 31.8 Å². The molecule has 4 rings (SSSR count). The number of carbonyl (C=O) groups excluding carboxylic acids is 2. The van der Waals surface area contributed by atoms with Crippen molar-refractivity contribution in [3.63, 3.8) is 0 Å². The van der Waals surface area contributed by atoms with Crippen LogP contribution >= 0.6 is 0 Å². The van der Waals surface area contributed by atoms with Gasteiger partial charge in [-0.2, -0.15) is 0 Å². The number of hydrogen-bond donors (Lipinski definition) is 0. The Morgan fingerprint density at radius 2 is 0.829 bits per heavy atom. The van der Waals surface area contributed by atoms with E-state index >= 15 is 0 Å². The van der Waals surface area contributed by atoms with E-state index in [1.165, 1.54) is 0 Å². The zero-order valence-electron chi connectivity index (χ0n) is 19.4. The van der Waals surface area contributed by atoms with Gasteiger partial charge >= 0.3 is 207 Å². The molecular formula is C28H24F2HfN2O2. The van der Waals surface area contributed by atoms with Gasteiger partial charge in [-0.05, 0) is 0 Å². The van der Waals surface area contributed by atoms with Gasteiger partial charge in [0.2, 0.25) is 0 Å². The number of rotatable bonds is 6. The van der Waals surface area contributed by atoms with E-state index in [1.54, 1.807) is 0 Å². The second-order valence-corrected chi connectivity index (χ2v) is 11.7. The summed E-state index contributed by atoms with van der Waals surface area (Å²) in [5.74, 6) is -0.163. The Hall–Kier alpha value is -3.45. The van der Waals surface area contributed by atoms with Crippen LogP contribution in [0.3, 0.4) is 0 Å². The maximum Gasteiger partial charge on any atom is -1.00 e. The maximum atomic E-state index is 13.7. The third kappa shape index (κ3) is 6.79. The molecule has 2 amide bonds. The molecule has 0 radical (unpaired) electrons. The second-order valence-electron chi connectivity index (χ2n) is 7.78. The van der Waals surface area contributed by atoms with E-state index in [-0.39, 0.29) is 21.2 Å². The average Bonchev–Trinajstić information content (AvgIpc) is 2.86. The Labute approximate surface area is 216 Å². The van der Waals surface area contributed by atoms with Gasteiger partial charge in [-0.3, -0.25) is 0 Å². The minimum absolute atomic E-state index is 0. The molecule has 0 atom stereocenters. The zero-order chi connectivity index (χ0) is 23.2. The largest absolute Gasteiger partial charge is 1.00 e. The molecule has 0 N–H and O–H groups in total. The summed E-state index contributed by atoms with van der Waals surface area (Å²) in [5, 5.41) is 0. The number of nitrogens with zero attached hydrogens (tertiary/aromatic N) is 2. The standard InChI is InChI=1S/2C14H13NO.2FH.Hf/c2*1-11-7-9-12(10-8-11)14(16)15-13-5-3-2-4-6-13;;;/h2*2-10H,1H3,(H,15,16);2*1H;/q;;;;+4/p-4. The molecule has 0 heterocycles. The van der Waals surface area contributed by atoms with Crippen molar-refractivity contribution in [2.24, 2.45) is 0 Å². The Bertz CT molecular complexity index is 1140. The summed E-state index contributed by atoms with van der Waals surface area (Å²) < 4.78 is 3.67. The summed E-state index contributed by atoms with van der Waals surface area (Å²) in [6, 6.07) is 34.4. The van der Waals surface area contributed by atoms with Gasteiger partial charge in [-0.1, -0.05) is 0 Å². The fraction of sp³-hybridized carbons (Fsp3) is 0.0714. The first-order chi connectivity index (χ1) is 16.0. The molecule has 0 saturated heterocycles. The molecule has 0 unspecified atom stereocenters. The van der Waals surface area contributed by atoms with Crippen LogP contribution in [0.5, 0.6) is 0 Å². The van der Waals surface area contributed by atoms with Crippen LogP contribution in [0.4, 0.5) is 11.4 Å². The molecule has 0 fully saturated rings. The molecule has 0 aromatic heterocycles. The van der Waals surface area contributed by atoms with Crippen molar-refractivity contribution in [2.45, 2.75) is 13.8 Å². The van der Waals surface area contributed by atoms with Crippen LogP contribution in [-0.2, 0) is 23.5 Å². The average molecular weight is 637 g/mol.